The molecule has 0 bridgehead atoms. The SMILES string of the molecule is COc1cc(-c2ccc(N(CC=C(C)C)S(C)(=O)=O)cc2)c(OC)c(OS(C)(=O)=O)c1-c1ccc(OS(C)(=O)=O)c(OS(C)(=O)=O)c1. The monoisotopic (exact) mass is 733 g/mol. The summed E-state index contributed by atoms with van der Waals surface area (Å²) in [4.78, 5) is 0. The van der Waals surface area contributed by atoms with E-state index in [0.29, 0.717) is 11.3 Å². The summed E-state index contributed by atoms with van der Waals surface area (Å²) < 4.78 is 126. The van der Waals surface area contributed by atoms with E-state index in [-0.39, 0.29) is 40.5 Å². The first-order valence-corrected chi connectivity index (χ1v) is 20.7. The van der Waals surface area contributed by atoms with Crippen LogP contribution in [0.1, 0.15) is 13.8 Å². The standard InChI is InChI=1S/C29H35NO13S4/c1-19(2)15-16-30(44(5,31)32)22-12-9-20(10-13-22)23-18-26(39-3)27(29(28(23)40-4)43-47(8,37)38)21-11-14-24(41-45(6,33)34)25(17-21)42-46(7,35)36/h9-15,17-18H,16H2,1-8H3. The number of rotatable bonds is 14. The summed E-state index contributed by atoms with van der Waals surface area (Å²) >= 11 is 0. The Bertz CT molecular complexity index is 2120. The number of allylic oxidation sites excluding steroid dienone is 1. The molecule has 3 aromatic carbocycles. The molecule has 0 saturated carbocycles. The van der Waals surface area contributed by atoms with Crippen LogP contribution in [0.25, 0.3) is 22.3 Å². The van der Waals surface area contributed by atoms with Crippen molar-refractivity contribution in [3.63, 3.8) is 0 Å². The zero-order chi connectivity index (χ0) is 35.5. The summed E-state index contributed by atoms with van der Waals surface area (Å²) in [5.41, 5.74) is 2.10. The van der Waals surface area contributed by atoms with Crippen LogP contribution in [0.15, 0.2) is 60.2 Å². The van der Waals surface area contributed by atoms with Crippen molar-refractivity contribution in [2.45, 2.75) is 13.8 Å². The van der Waals surface area contributed by atoms with E-state index in [2.05, 4.69) is 0 Å². The van der Waals surface area contributed by atoms with Gasteiger partial charge in [-0.05, 0) is 55.3 Å². The second kappa shape index (κ2) is 14.0. The first-order chi connectivity index (χ1) is 21.5. The minimum atomic E-state index is -4.23. The summed E-state index contributed by atoms with van der Waals surface area (Å²) in [5.74, 6) is -1.37. The van der Waals surface area contributed by atoms with Gasteiger partial charge in [-0.2, -0.15) is 25.3 Å². The molecule has 0 N–H and O–H groups in total. The van der Waals surface area contributed by atoms with Gasteiger partial charge in [0.15, 0.2) is 23.0 Å². The molecule has 18 heteroatoms. The maximum absolute atomic E-state index is 12.5. The maximum atomic E-state index is 12.5. The lowest BCUT2D eigenvalue weighted by Crippen LogP contribution is -2.30. The van der Waals surface area contributed by atoms with Gasteiger partial charge < -0.3 is 22.0 Å². The van der Waals surface area contributed by atoms with E-state index in [1.54, 1.807) is 30.3 Å². The van der Waals surface area contributed by atoms with Crippen LogP contribution in [-0.2, 0) is 40.4 Å². The average molecular weight is 734 g/mol. The van der Waals surface area contributed by atoms with Crippen LogP contribution < -0.4 is 26.3 Å². The van der Waals surface area contributed by atoms with Gasteiger partial charge in [0, 0.05) is 5.56 Å². The van der Waals surface area contributed by atoms with Crippen LogP contribution >= 0.6 is 0 Å². The molecular formula is C29H35NO13S4. The van der Waals surface area contributed by atoms with E-state index in [9.17, 15) is 33.7 Å². The van der Waals surface area contributed by atoms with Crippen molar-refractivity contribution >= 4 is 46.1 Å². The molecule has 0 heterocycles. The molecule has 0 aliphatic heterocycles. The van der Waals surface area contributed by atoms with Gasteiger partial charge in [0.25, 0.3) is 0 Å². The molecule has 0 atom stereocenters. The summed E-state index contributed by atoms with van der Waals surface area (Å²) in [5, 5.41) is 0. The Balaban J connectivity index is 2.34. The van der Waals surface area contributed by atoms with Crippen LogP contribution in [0.4, 0.5) is 5.69 Å². The first kappa shape index (κ1) is 37.5. The number of anilines is 1. The van der Waals surface area contributed by atoms with E-state index >= 15 is 0 Å². The lowest BCUT2D eigenvalue weighted by Gasteiger charge is -2.23. The molecule has 47 heavy (non-hydrogen) atoms. The van der Waals surface area contributed by atoms with Crippen LogP contribution in [0.3, 0.4) is 0 Å². The Morgan fingerprint density at radius 3 is 1.64 bits per heavy atom. The lowest BCUT2D eigenvalue weighted by atomic mass is 9.96. The fourth-order valence-electron chi connectivity index (χ4n) is 4.33. The van der Waals surface area contributed by atoms with Crippen molar-refractivity contribution < 1.29 is 55.7 Å². The topological polar surface area (TPSA) is 186 Å². The third-order valence-electron chi connectivity index (χ3n) is 6.11. The van der Waals surface area contributed by atoms with Crippen molar-refractivity contribution in [2.75, 3.05) is 50.1 Å². The highest BCUT2D eigenvalue weighted by Gasteiger charge is 2.28. The number of sulfonamides is 1. The first-order valence-electron chi connectivity index (χ1n) is 13.4. The van der Waals surface area contributed by atoms with Crippen molar-refractivity contribution in [1.82, 2.24) is 0 Å². The largest absolute Gasteiger partial charge is 0.496 e. The van der Waals surface area contributed by atoms with Gasteiger partial charge in [0.2, 0.25) is 10.0 Å². The molecule has 0 radical (unpaired) electrons. The quantitative estimate of drug-likeness (QED) is 0.172. The van der Waals surface area contributed by atoms with Gasteiger partial charge in [0.1, 0.15) is 5.75 Å². The van der Waals surface area contributed by atoms with Gasteiger partial charge in [-0.15, -0.1) is 0 Å². The van der Waals surface area contributed by atoms with E-state index < -0.39 is 51.9 Å². The van der Waals surface area contributed by atoms with Gasteiger partial charge in [-0.25, -0.2) is 8.42 Å². The number of ether oxygens (including phenoxy) is 2. The Kier molecular flexibility index (Phi) is 11.2. The van der Waals surface area contributed by atoms with Gasteiger partial charge >= 0.3 is 30.4 Å². The van der Waals surface area contributed by atoms with Crippen LogP contribution in [0, 0.1) is 0 Å². The third-order valence-corrected chi connectivity index (χ3v) is 8.70. The van der Waals surface area contributed by atoms with Crippen LogP contribution in [-0.4, -0.2) is 79.5 Å². The van der Waals surface area contributed by atoms with Crippen LogP contribution in [0.5, 0.6) is 28.7 Å². The average Bonchev–Trinajstić information content (AvgIpc) is 2.90. The molecule has 3 rings (SSSR count). The highest BCUT2D eigenvalue weighted by atomic mass is 32.2. The fraction of sp³-hybridized carbons (Fsp3) is 0.310. The van der Waals surface area contributed by atoms with Gasteiger partial charge in [0.05, 0.1) is 57.0 Å². The van der Waals surface area contributed by atoms with E-state index in [1.165, 1.54) is 30.7 Å². The Hall–Kier alpha value is -4.00. The predicted molar refractivity (Wildman–Crippen MR) is 178 cm³/mol. The predicted octanol–water partition coefficient (Wildman–Crippen LogP) is 3.79. The lowest BCUT2D eigenvalue weighted by molar-refractivity contribution is 0.386. The minimum absolute atomic E-state index is 0.0237. The molecule has 0 spiro atoms. The second-order valence-electron chi connectivity index (χ2n) is 10.5. The number of methoxy groups -OCH3 is 2. The van der Waals surface area contributed by atoms with E-state index in [1.807, 2.05) is 13.8 Å². The number of hydrogen-bond acceptors (Lipinski definition) is 13. The summed E-state index contributed by atoms with van der Waals surface area (Å²) in [7, 11) is -13.6. The molecule has 3 aromatic rings. The molecule has 258 valence electrons. The zero-order valence-electron chi connectivity index (χ0n) is 26.8. The summed E-state index contributed by atoms with van der Waals surface area (Å²) in [6.07, 6.45) is 5.15. The molecule has 0 aliphatic rings. The number of nitrogens with zero attached hydrogens (tertiary/aromatic N) is 1. The third kappa shape index (κ3) is 10.2. The smallest absolute Gasteiger partial charge is 0.306 e. The van der Waals surface area contributed by atoms with Crippen LogP contribution in [0.2, 0.25) is 0 Å². The van der Waals surface area contributed by atoms with E-state index in [4.69, 9.17) is 22.0 Å². The van der Waals surface area contributed by atoms with Gasteiger partial charge in [-0.1, -0.05) is 29.8 Å². The molecule has 0 aromatic heterocycles. The minimum Gasteiger partial charge on any atom is -0.496 e. The molecule has 14 nitrogen and oxygen atoms in total. The van der Waals surface area contributed by atoms with Gasteiger partial charge in [-0.3, -0.25) is 4.31 Å². The molecular weight excluding hydrogens is 699 g/mol. The van der Waals surface area contributed by atoms with Crippen molar-refractivity contribution in [3.05, 3.63) is 60.2 Å². The highest BCUT2D eigenvalue weighted by molar-refractivity contribution is 7.92. The van der Waals surface area contributed by atoms with Crippen molar-refractivity contribution in [2.24, 2.45) is 0 Å². The summed E-state index contributed by atoms with van der Waals surface area (Å²) in [6, 6.07) is 11.4. The Morgan fingerprint density at radius 2 is 1.17 bits per heavy atom. The highest BCUT2D eigenvalue weighted by Crippen LogP contribution is 2.52. The maximum Gasteiger partial charge on any atom is 0.306 e. The molecule has 0 unspecified atom stereocenters. The fourth-order valence-corrected chi connectivity index (χ4v) is 6.56. The van der Waals surface area contributed by atoms with E-state index in [0.717, 1.165) is 42.7 Å². The molecule has 0 amide bonds. The molecule has 0 aliphatic carbocycles. The zero-order valence-corrected chi connectivity index (χ0v) is 30.1. The Labute approximate surface area is 275 Å². The Morgan fingerprint density at radius 1 is 0.638 bits per heavy atom. The van der Waals surface area contributed by atoms with Crippen molar-refractivity contribution in [3.8, 4) is 51.0 Å². The normalized spacial score (nSPS) is 12.2. The van der Waals surface area contributed by atoms with Crippen molar-refractivity contribution in [1.29, 1.82) is 0 Å². The number of hydrogen-bond donors (Lipinski definition) is 0. The molecule has 0 fully saturated rings. The molecule has 0 saturated heterocycles. The summed E-state index contributed by atoms with van der Waals surface area (Å²) in [6.45, 7) is 3.80. The second-order valence-corrected chi connectivity index (χ2v) is 17.1. The number of benzene rings is 3.